The van der Waals surface area contributed by atoms with Gasteiger partial charge in [-0.25, -0.2) is 24.3 Å². The van der Waals surface area contributed by atoms with Gasteiger partial charge in [0, 0.05) is 62.9 Å². The van der Waals surface area contributed by atoms with Crippen molar-refractivity contribution in [1.29, 1.82) is 0 Å². The molecular formula is C23H25F4N9O. The largest absolute Gasteiger partial charge is 0.419 e. The molecule has 3 atom stereocenters. The maximum atomic E-state index is 14.7. The quantitative estimate of drug-likeness (QED) is 0.378. The Hall–Kier alpha value is -3.97. The topological polar surface area (TPSA) is 104 Å². The number of piperidine rings is 1. The number of carbonyl (C=O) groups excluding carboxylic acids is 1. The lowest BCUT2D eigenvalue weighted by Crippen LogP contribution is -2.48. The zero-order valence-corrected chi connectivity index (χ0v) is 19.7. The number of alkyl halides is 4. The summed E-state index contributed by atoms with van der Waals surface area (Å²) in [6.45, 7) is 5.23. The van der Waals surface area contributed by atoms with Crippen molar-refractivity contribution in [3.63, 3.8) is 0 Å². The van der Waals surface area contributed by atoms with Crippen molar-refractivity contribution in [3.05, 3.63) is 49.2 Å². The molecule has 0 aliphatic carbocycles. The first kappa shape index (κ1) is 24.7. The van der Waals surface area contributed by atoms with Crippen LogP contribution in [0.15, 0.2) is 43.6 Å². The van der Waals surface area contributed by atoms with E-state index in [2.05, 4.69) is 42.0 Å². The van der Waals surface area contributed by atoms with Gasteiger partial charge >= 0.3 is 6.18 Å². The Morgan fingerprint density at radius 3 is 2.54 bits per heavy atom. The molecule has 1 amide bonds. The van der Waals surface area contributed by atoms with Crippen LogP contribution in [-0.4, -0.2) is 74.7 Å². The Bertz CT molecular complexity index is 1280. The molecule has 3 aromatic heterocycles. The maximum absolute atomic E-state index is 14.7. The van der Waals surface area contributed by atoms with E-state index in [0.717, 1.165) is 11.9 Å². The van der Waals surface area contributed by atoms with E-state index in [0.29, 0.717) is 43.8 Å². The summed E-state index contributed by atoms with van der Waals surface area (Å²) in [4.78, 5) is 32.0. The summed E-state index contributed by atoms with van der Waals surface area (Å²) >= 11 is 0. The lowest BCUT2D eigenvalue weighted by molar-refractivity contribution is -0.138. The van der Waals surface area contributed by atoms with Crippen LogP contribution in [-0.2, 0) is 11.0 Å². The molecule has 2 aliphatic heterocycles. The SMILES string of the molecule is C=CC(=O)NC1CCN(c2nccn3c(N4C[C@H](F)C[C@@H](Nc5ncc(C(F)(F)F)cn5)C4)ncc23)C1. The molecule has 0 saturated carbocycles. The molecular weight excluding hydrogens is 494 g/mol. The number of imidazole rings is 1. The Morgan fingerprint density at radius 1 is 1.05 bits per heavy atom. The van der Waals surface area contributed by atoms with Crippen molar-refractivity contribution < 1.29 is 22.4 Å². The fourth-order valence-corrected chi connectivity index (χ4v) is 4.75. The maximum Gasteiger partial charge on any atom is 0.419 e. The number of halogens is 4. The molecule has 0 radical (unpaired) electrons. The molecule has 2 fully saturated rings. The predicted octanol–water partition coefficient (Wildman–Crippen LogP) is 2.45. The third kappa shape index (κ3) is 5.27. The monoisotopic (exact) mass is 519 g/mol. The van der Waals surface area contributed by atoms with Crippen molar-refractivity contribution >= 4 is 29.1 Å². The van der Waals surface area contributed by atoms with Crippen LogP contribution in [0.3, 0.4) is 0 Å². The summed E-state index contributed by atoms with van der Waals surface area (Å²) in [6, 6.07) is -0.467. The van der Waals surface area contributed by atoms with E-state index < -0.39 is 24.0 Å². The number of hydrogen-bond acceptors (Lipinski definition) is 8. The summed E-state index contributed by atoms with van der Waals surface area (Å²) in [5.74, 6) is 1.01. The van der Waals surface area contributed by atoms with Crippen LogP contribution in [0.4, 0.5) is 35.3 Å². The number of fused-ring (bicyclic) bond motifs is 1. The van der Waals surface area contributed by atoms with E-state index in [-0.39, 0.29) is 30.9 Å². The number of rotatable bonds is 6. The minimum atomic E-state index is -4.53. The molecule has 2 aliphatic rings. The van der Waals surface area contributed by atoms with Gasteiger partial charge in [0.25, 0.3) is 0 Å². The first-order valence-electron chi connectivity index (χ1n) is 11.8. The van der Waals surface area contributed by atoms with Crippen LogP contribution in [0.5, 0.6) is 0 Å². The van der Waals surface area contributed by atoms with Gasteiger partial charge in [0.1, 0.15) is 11.7 Å². The van der Waals surface area contributed by atoms with Crippen LogP contribution in [0.1, 0.15) is 18.4 Å². The fourth-order valence-electron chi connectivity index (χ4n) is 4.75. The van der Waals surface area contributed by atoms with Gasteiger partial charge in [-0.1, -0.05) is 6.58 Å². The fraction of sp³-hybridized carbons (Fsp3) is 0.435. The molecule has 0 aromatic carbocycles. The lowest BCUT2D eigenvalue weighted by atomic mass is 10.0. The molecule has 2 N–H and O–H groups in total. The van der Waals surface area contributed by atoms with Gasteiger partial charge in [-0.3, -0.25) is 9.20 Å². The average Bonchev–Trinajstić information content (AvgIpc) is 3.50. The van der Waals surface area contributed by atoms with Crippen LogP contribution in [0, 0.1) is 0 Å². The van der Waals surface area contributed by atoms with E-state index in [1.807, 2.05) is 4.40 Å². The number of nitrogens with zero attached hydrogens (tertiary/aromatic N) is 7. The van der Waals surface area contributed by atoms with E-state index >= 15 is 0 Å². The number of aromatic nitrogens is 5. The van der Waals surface area contributed by atoms with Gasteiger partial charge in [-0.05, 0) is 12.5 Å². The Kier molecular flexibility index (Phi) is 6.56. The van der Waals surface area contributed by atoms with E-state index in [4.69, 9.17) is 0 Å². The van der Waals surface area contributed by atoms with Gasteiger partial charge in [0.05, 0.1) is 18.3 Å². The normalized spacial score (nSPS) is 22.3. The van der Waals surface area contributed by atoms with Crippen LogP contribution >= 0.6 is 0 Å². The number of carbonyl (C=O) groups is 1. The number of amides is 1. The van der Waals surface area contributed by atoms with E-state index in [1.54, 1.807) is 23.5 Å². The minimum Gasteiger partial charge on any atom is -0.353 e. The highest BCUT2D eigenvalue weighted by Gasteiger charge is 2.33. The zero-order chi connectivity index (χ0) is 26.2. The Morgan fingerprint density at radius 2 is 1.81 bits per heavy atom. The van der Waals surface area contributed by atoms with Crippen LogP contribution < -0.4 is 20.4 Å². The van der Waals surface area contributed by atoms with Crippen LogP contribution in [0.25, 0.3) is 5.52 Å². The molecule has 14 heteroatoms. The first-order chi connectivity index (χ1) is 17.7. The summed E-state index contributed by atoms with van der Waals surface area (Å²) in [5.41, 5.74) is -0.211. The second kappa shape index (κ2) is 9.82. The molecule has 5 rings (SSSR count). The third-order valence-corrected chi connectivity index (χ3v) is 6.43. The molecule has 0 spiro atoms. The van der Waals surface area contributed by atoms with Crippen molar-refractivity contribution in [1.82, 2.24) is 29.7 Å². The third-order valence-electron chi connectivity index (χ3n) is 6.43. The Balaban J connectivity index is 1.32. The van der Waals surface area contributed by atoms with E-state index in [9.17, 15) is 22.4 Å². The molecule has 196 valence electrons. The molecule has 5 heterocycles. The minimum absolute atomic E-state index is 0.00125. The first-order valence-corrected chi connectivity index (χ1v) is 11.8. The predicted molar refractivity (Wildman–Crippen MR) is 128 cm³/mol. The van der Waals surface area contributed by atoms with Gasteiger partial charge in [0.15, 0.2) is 5.82 Å². The highest BCUT2D eigenvalue weighted by Crippen LogP contribution is 2.30. The Labute approximate surface area is 209 Å². The summed E-state index contributed by atoms with van der Waals surface area (Å²) < 4.78 is 54.9. The molecule has 37 heavy (non-hydrogen) atoms. The smallest absolute Gasteiger partial charge is 0.353 e. The lowest BCUT2D eigenvalue weighted by Gasteiger charge is -2.35. The standard InChI is InChI=1S/C23H25F4N9O/c1-2-19(37)32-16-3-5-34(12-16)20-18-10-31-22(36(18)6-4-28-20)35-11-15(24)7-17(13-35)33-21-29-8-14(9-30-21)23(25,26)27/h2,4,6,8-10,15-17H,1,3,5,7,11-13H2,(H,32,37)(H,29,30,33)/t15-,16?,17-/m1/s1. The van der Waals surface area contributed by atoms with Gasteiger partial charge < -0.3 is 20.4 Å². The van der Waals surface area contributed by atoms with Crippen LogP contribution in [0.2, 0.25) is 0 Å². The van der Waals surface area contributed by atoms with Crippen molar-refractivity contribution in [2.75, 3.05) is 41.3 Å². The summed E-state index contributed by atoms with van der Waals surface area (Å²) in [6.07, 6.45) is 2.90. The van der Waals surface area contributed by atoms with E-state index in [1.165, 1.54) is 6.08 Å². The van der Waals surface area contributed by atoms with Crippen molar-refractivity contribution in [2.45, 2.75) is 37.3 Å². The van der Waals surface area contributed by atoms with Gasteiger partial charge in [0.2, 0.25) is 17.8 Å². The van der Waals surface area contributed by atoms with Gasteiger partial charge in [-0.15, -0.1) is 0 Å². The molecule has 2 saturated heterocycles. The number of anilines is 3. The summed E-state index contributed by atoms with van der Waals surface area (Å²) in [7, 11) is 0. The summed E-state index contributed by atoms with van der Waals surface area (Å²) in [5, 5.41) is 5.84. The van der Waals surface area contributed by atoms with Gasteiger partial charge in [-0.2, -0.15) is 13.2 Å². The number of nitrogens with one attached hydrogen (secondary N) is 2. The number of hydrogen-bond donors (Lipinski definition) is 2. The second-order valence-electron chi connectivity index (χ2n) is 9.08. The molecule has 0 bridgehead atoms. The zero-order valence-electron chi connectivity index (χ0n) is 19.7. The highest BCUT2D eigenvalue weighted by atomic mass is 19.4. The molecule has 3 aromatic rings. The second-order valence-corrected chi connectivity index (χ2v) is 9.08. The molecule has 1 unspecified atom stereocenters. The van der Waals surface area contributed by atoms with Crippen molar-refractivity contribution in [3.8, 4) is 0 Å². The average molecular weight is 520 g/mol. The highest BCUT2D eigenvalue weighted by molar-refractivity contribution is 5.87. The van der Waals surface area contributed by atoms with Crippen molar-refractivity contribution in [2.24, 2.45) is 0 Å². The molecule has 10 nitrogen and oxygen atoms in total.